The summed E-state index contributed by atoms with van der Waals surface area (Å²) in [6.07, 6.45) is -3.55. The van der Waals surface area contributed by atoms with Gasteiger partial charge in [0.1, 0.15) is 17.0 Å². The van der Waals surface area contributed by atoms with Gasteiger partial charge in [-0.05, 0) is 23.8 Å². The van der Waals surface area contributed by atoms with Gasteiger partial charge in [0.05, 0.1) is 10.9 Å². The van der Waals surface area contributed by atoms with Crippen LogP contribution in [0.1, 0.15) is 5.56 Å². The molecule has 29 heavy (non-hydrogen) atoms. The van der Waals surface area contributed by atoms with E-state index in [0.717, 1.165) is 29.8 Å². The quantitative estimate of drug-likeness (QED) is 0.354. The van der Waals surface area contributed by atoms with E-state index in [1.165, 1.54) is 18.2 Å². The van der Waals surface area contributed by atoms with Crippen LogP contribution < -0.4 is 5.32 Å². The molecule has 0 atom stereocenters. The van der Waals surface area contributed by atoms with Crippen molar-refractivity contribution in [2.45, 2.75) is 11.7 Å². The average Bonchev–Trinajstić information content (AvgIpc) is 3.02. The molecular weight excluding hydrogens is 457 g/mol. The molecule has 5 N–H and O–H groups in total. The van der Waals surface area contributed by atoms with Gasteiger partial charge in [-0.2, -0.15) is 13.2 Å². The smallest absolute Gasteiger partial charge is 0.346 e. The van der Waals surface area contributed by atoms with Crippen molar-refractivity contribution in [3.8, 4) is 10.4 Å². The van der Waals surface area contributed by atoms with Crippen LogP contribution in [0.5, 0.6) is 0 Å². The molecule has 0 saturated heterocycles. The molecule has 0 radical (unpaired) electrons. The van der Waals surface area contributed by atoms with Gasteiger partial charge >= 0.3 is 21.4 Å². The Balaban J connectivity index is 2.07. The van der Waals surface area contributed by atoms with Gasteiger partial charge in [-0.15, -0.1) is 11.3 Å². The van der Waals surface area contributed by atoms with Crippen molar-refractivity contribution < 1.29 is 41.9 Å². The predicted octanol–water partition coefficient (Wildman–Crippen LogP) is 3.43. The second-order valence-electron chi connectivity index (χ2n) is 5.83. The molecule has 3 aromatic rings. The topological polar surface area (TPSA) is 153 Å². The van der Waals surface area contributed by atoms with Gasteiger partial charge < -0.3 is 24.9 Å². The number of benzene rings is 1. The van der Waals surface area contributed by atoms with E-state index in [0.29, 0.717) is 4.88 Å². The highest BCUT2D eigenvalue weighted by Gasteiger charge is 2.44. The van der Waals surface area contributed by atoms with Crippen LogP contribution >= 0.6 is 26.5 Å². The average molecular weight is 469 g/mol. The molecule has 0 aliphatic heterocycles. The Morgan fingerprint density at radius 2 is 1.69 bits per heavy atom. The summed E-state index contributed by atoms with van der Waals surface area (Å²) in [6, 6.07) is 5.88. The summed E-state index contributed by atoms with van der Waals surface area (Å²) >= 11 is 0.979. The van der Waals surface area contributed by atoms with E-state index in [9.17, 15) is 41.9 Å². The minimum atomic E-state index is -5.27. The van der Waals surface area contributed by atoms with E-state index in [1.807, 2.05) is 0 Å². The first-order chi connectivity index (χ1) is 13.3. The Labute approximate surface area is 164 Å². The van der Waals surface area contributed by atoms with E-state index in [1.54, 1.807) is 0 Å². The number of alkyl halides is 3. The van der Waals surface area contributed by atoms with Gasteiger partial charge in [-0.3, -0.25) is 9.13 Å². The van der Waals surface area contributed by atoms with Crippen LogP contribution in [0.3, 0.4) is 0 Å². The SMILES string of the molecule is O=P(O)(O)C(Nc1ncnc2sc(-c3cccc(C(F)(F)F)c3)cc12)P(=O)(O)O. The molecule has 0 spiro atoms. The maximum absolute atomic E-state index is 12.9. The summed E-state index contributed by atoms with van der Waals surface area (Å²) in [5.74, 6) is -0.277. The van der Waals surface area contributed by atoms with E-state index >= 15 is 0 Å². The first-order valence-corrected chi connectivity index (χ1v) is 11.7. The molecule has 0 saturated carbocycles. The first kappa shape index (κ1) is 21.8. The maximum Gasteiger partial charge on any atom is 0.416 e. The summed E-state index contributed by atoms with van der Waals surface area (Å²) in [4.78, 5) is 45.3. The maximum atomic E-state index is 12.9. The summed E-state index contributed by atoms with van der Waals surface area (Å²) in [7, 11) is -10.5. The molecule has 0 bridgehead atoms. The monoisotopic (exact) mass is 469 g/mol. The Kier molecular flexibility index (Phi) is 5.61. The van der Waals surface area contributed by atoms with Crippen molar-refractivity contribution in [1.82, 2.24) is 9.97 Å². The van der Waals surface area contributed by atoms with Crippen LogP contribution in [-0.4, -0.2) is 35.1 Å². The van der Waals surface area contributed by atoms with Crippen molar-refractivity contribution >= 4 is 42.6 Å². The molecule has 0 aliphatic carbocycles. The Hall–Kier alpha value is -1.85. The fourth-order valence-corrected chi connectivity index (χ4v) is 5.59. The number of anilines is 1. The number of nitrogens with zero attached hydrogens (tertiary/aromatic N) is 2. The Morgan fingerprint density at radius 3 is 2.28 bits per heavy atom. The standard InChI is InChI=1S/C14H12F3N3O6P2S/c15-14(16,17)8-3-1-2-7(4-8)10-5-9-11(18-6-19-12(9)29-10)20-13(27(21,22)23)28(24,25)26/h1-6,13H,(H,18,19,20)(H2,21,22,23)(H2,24,25,26). The molecule has 0 amide bonds. The van der Waals surface area contributed by atoms with Crippen molar-refractivity contribution in [3.63, 3.8) is 0 Å². The number of fused-ring (bicyclic) bond motifs is 1. The van der Waals surface area contributed by atoms with Gasteiger partial charge in [-0.25, -0.2) is 9.97 Å². The lowest BCUT2D eigenvalue weighted by molar-refractivity contribution is -0.137. The van der Waals surface area contributed by atoms with E-state index in [-0.39, 0.29) is 21.6 Å². The summed E-state index contributed by atoms with van der Waals surface area (Å²) < 4.78 is 61.8. The van der Waals surface area contributed by atoms with Gasteiger partial charge in [-0.1, -0.05) is 12.1 Å². The van der Waals surface area contributed by atoms with Crippen LogP contribution in [0, 0.1) is 0 Å². The fraction of sp³-hybridized carbons (Fsp3) is 0.143. The third kappa shape index (κ3) is 4.84. The van der Waals surface area contributed by atoms with Gasteiger partial charge in [0, 0.05) is 4.88 Å². The van der Waals surface area contributed by atoms with Crippen molar-refractivity contribution in [2.75, 3.05) is 5.32 Å². The van der Waals surface area contributed by atoms with Crippen molar-refractivity contribution in [2.24, 2.45) is 0 Å². The molecule has 0 unspecified atom stereocenters. The highest BCUT2D eigenvalue weighted by molar-refractivity contribution is 7.71. The lowest BCUT2D eigenvalue weighted by Crippen LogP contribution is -2.20. The summed E-state index contributed by atoms with van der Waals surface area (Å²) in [5, 5.41) is 2.19. The molecule has 2 heterocycles. The van der Waals surface area contributed by atoms with Crippen molar-refractivity contribution in [3.05, 3.63) is 42.2 Å². The second kappa shape index (κ2) is 7.44. The van der Waals surface area contributed by atoms with Crippen LogP contribution in [0.25, 0.3) is 20.7 Å². The molecular formula is C14H12F3N3O6P2S. The molecule has 0 fully saturated rings. The molecule has 156 valence electrons. The predicted molar refractivity (Wildman–Crippen MR) is 99.4 cm³/mol. The Bertz CT molecular complexity index is 1140. The lowest BCUT2D eigenvalue weighted by atomic mass is 10.1. The van der Waals surface area contributed by atoms with Gasteiger partial charge in [0.15, 0.2) is 0 Å². The number of nitrogens with one attached hydrogen (secondary N) is 1. The summed E-state index contributed by atoms with van der Waals surface area (Å²) in [5.41, 5.74) is -3.18. The zero-order valence-electron chi connectivity index (χ0n) is 14.0. The van der Waals surface area contributed by atoms with Crippen LogP contribution in [0.15, 0.2) is 36.7 Å². The number of aromatic nitrogens is 2. The van der Waals surface area contributed by atoms with Crippen LogP contribution in [0.2, 0.25) is 0 Å². The van der Waals surface area contributed by atoms with E-state index in [2.05, 4.69) is 15.3 Å². The zero-order chi connectivity index (χ0) is 21.6. The van der Waals surface area contributed by atoms with Crippen LogP contribution in [0.4, 0.5) is 19.0 Å². The van der Waals surface area contributed by atoms with E-state index < -0.39 is 32.5 Å². The lowest BCUT2D eigenvalue weighted by Gasteiger charge is -2.21. The molecule has 1 aromatic carbocycles. The molecule has 15 heteroatoms. The summed E-state index contributed by atoms with van der Waals surface area (Å²) in [6.45, 7) is 0. The molecule has 3 rings (SSSR count). The van der Waals surface area contributed by atoms with Gasteiger partial charge in [0.25, 0.3) is 0 Å². The Morgan fingerprint density at radius 1 is 1.03 bits per heavy atom. The third-order valence-electron chi connectivity index (χ3n) is 3.71. The zero-order valence-corrected chi connectivity index (χ0v) is 16.6. The number of halogens is 3. The number of hydrogen-bond donors (Lipinski definition) is 5. The minimum absolute atomic E-state index is 0.136. The van der Waals surface area contributed by atoms with Crippen molar-refractivity contribution in [1.29, 1.82) is 0 Å². The molecule has 0 aliphatic rings. The second-order valence-corrected chi connectivity index (χ2v) is 10.7. The largest absolute Gasteiger partial charge is 0.416 e. The van der Waals surface area contributed by atoms with E-state index in [4.69, 9.17) is 0 Å². The number of rotatable bonds is 5. The molecule has 9 nitrogen and oxygen atoms in total. The minimum Gasteiger partial charge on any atom is -0.346 e. The van der Waals surface area contributed by atoms with Crippen LogP contribution in [-0.2, 0) is 15.3 Å². The molecule has 2 aromatic heterocycles. The van der Waals surface area contributed by atoms with Gasteiger partial charge in [0.2, 0.25) is 5.52 Å². The third-order valence-corrected chi connectivity index (χ3v) is 8.14. The number of thiophene rings is 1. The highest BCUT2D eigenvalue weighted by Crippen LogP contribution is 2.59. The normalized spacial score (nSPS) is 13.2. The number of hydrogen-bond acceptors (Lipinski definition) is 6. The fourth-order valence-electron chi connectivity index (χ4n) is 2.45. The highest BCUT2D eigenvalue weighted by atomic mass is 32.1. The first-order valence-electron chi connectivity index (χ1n) is 7.56.